The van der Waals surface area contributed by atoms with Crippen molar-refractivity contribution in [1.82, 2.24) is 0 Å². The van der Waals surface area contributed by atoms with E-state index in [9.17, 15) is 0 Å². The molecule has 0 spiro atoms. The molecule has 1 rings (SSSR count). The van der Waals surface area contributed by atoms with Crippen molar-refractivity contribution in [2.75, 3.05) is 11.9 Å². The van der Waals surface area contributed by atoms with Crippen LogP contribution in [-0.2, 0) is 0 Å². The van der Waals surface area contributed by atoms with Crippen LogP contribution >= 0.6 is 27.3 Å². The van der Waals surface area contributed by atoms with Crippen molar-refractivity contribution in [3.05, 3.63) is 15.9 Å². The molecule has 0 aromatic carbocycles. The number of aliphatic hydroxyl groups is 1. The van der Waals surface area contributed by atoms with Gasteiger partial charge in [-0.25, -0.2) is 0 Å². The molecule has 74 valence electrons. The molecule has 1 aromatic heterocycles. The molecule has 0 aliphatic rings. The van der Waals surface area contributed by atoms with Crippen LogP contribution in [0.1, 0.15) is 13.8 Å². The minimum absolute atomic E-state index is 0.144. The normalized spacial score (nSPS) is 13.3. The van der Waals surface area contributed by atoms with Crippen LogP contribution in [0.25, 0.3) is 0 Å². The Morgan fingerprint density at radius 2 is 2.31 bits per heavy atom. The number of rotatable bonds is 4. The summed E-state index contributed by atoms with van der Waals surface area (Å²) in [5, 5.41) is 15.5. The predicted molar refractivity (Wildman–Crippen MR) is 61.4 cm³/mol. The third kappa shape index (κ3) is 3.29. The molecule has 1 heterocycles. The van der Waals surface area contributed by atoms with E-state index >= 15 is 0 Å². The molecule has 13 heavy (non-hydrogen) atoms. The molecule has 0 amide bonds. The van der Waals surface area contributed by atoms with E-state index in [1.54, 1.807) is 11.3 Å². The molecule has 2 nitrogen and oxygen atoms in total. The maximum Gasteiger partial charge on any atom is 0.0897 e. The predicted octanol–water partition coefficient (Wildman–Crippen LogP) is 2.94. The smallest absolute Gasteiger partial charge is 0.0897 e. The molecule has 1 aromatic rings. The van der Waals surface area contributed by atoms with Crippen LogP contribution in [-0.4, -0.2) is 17.8 Å². The Labute approximate surface area is 91.1 Å². The maximum atomic E-state index is 9.09. The monoisotopic (exact) mass is 263 g/mol. The first kappa shape index (κ1) is 11.0. The summed E-state index contributed by atoms with van der Waals surface area (Å²) in [6.07, 6.45) is 0. The summed E-state index contributed by atoms with van der Waals surface area (Å²) < 4.78 is 1.08. The van der Waals surface area contributed by atoms with Gasteiger partial charge >= 0.3 is 0 Å². The van der Waals surface area contributed by atoms with E-state index in [1.807, 2.05) is 11.4 Å². The van der Waals surface area contributed by atoms with Crippen molar-refractivity contribution in [2.24, 2.45) is 5.92 Å². The zero-order chi connectivity index (χ0) is 9.84. The number of halogens is 1. The van der Waals surface area contributed by atoms with Gasteiger partial charge < -0.3 is 10.4 Å². The standard InChI is InChI=1S/C9H14BrNOS/c1-6(2)8(4-12)11-9-3-7(10)5-13-9/h3,5-6,8,11-12H,4H2,1-2H3. The highest BCUT2D eigenvalue weighted by atomic mass is 79.9. The lowest BCUT2D eigenvalue weighted by molar-refractivity contribution is 0.249. The van der Waals surface area contributed by atoms with Gasteiger partial charge in [-0.15, -0.1) is 11.3 Å². The molecule has 4 heteroatoms. The first-order valence-electron chi connectivity index (χ1n) is 4.25. The molecule has 0 saturated carbocycles. The quantitative estimate of drug-likeness (QED) is 0.876. The highest BCUT2D eigenvalue weighted by Gasteiger charge is 2.12. The van der Waals surface area contributed by atoms with Crippen LogP contribution in [0.3, 0.4) is 0 Å². The minimum atomic E-state index is 0.144. The van der Waals surface area contributed by atoms with E-state index in [0.717, 1.165) is 9.47 Å². The fourth-order valence-electron chi connectivity index (χ4n) is 0.995. The number of anilines is 1. The summed E-state index contributed by atoms with van der Waals surface area (Å²) in [5.74, 6) is 0.436. The van der Waals surface area contributed by atoms with Gasteiger partial charge in [-0.2, -0.15) is 0 Å². The van der Waals surface area contributed by atoms with Crippen LogP contribution in [0.4, 0.5) is 5.00 Å². The van der Waals surface area contributed by atoms with E-state index in [2.05, 4.69) is 35.1 Å². The maximum absolute atomic E-state index is 9.09. The van der Waals surface area contributed by atoms with Crippen LogP contribution in [0.15, 0.2) is 15.9 Å². The molecule has 1 unspecified atom stereocenters. The fraction of sp³-hybridized carbons (Fsp3) is 0.556. The third-order valence-electron chi connectivity index (χ3n) is 1.90. The van der Waals surface area contributed by atoms with Crippen molar-refractivity contribution in [1.29, 1.82) is 0 Å². The van der Waals surface area contributed by atoms with Crippen LogP contribution in [0, 0.1) is 5.92 Å². The fourth-order valence-corrected chi connectivity index (χ4v) is 2.38. The zero-order valence-electron chi connectivity index (χ0n) is 7.75. The second-order valence-corrected chi connectivity index (χ2v) is 5.13. The highest BCUT2D eigenvalue weighted by Crippen LogP contribution is 2.25. The van der Waals surface area contributed by atoms with Gasteiger partial charge in [0.15, 0.2) is 0 Å². The van der Waals surface area contributed by atoms with Gasteiger partial charge in [-0.1, -0.05) is 13.8 Å². The highest BCUT2D eigenvalue weighted by molar-refractivity contribution is 9.10. The molecule has 0 radical (unpaired) electrons. The average molecular weight is 264 g/mol. The van der Waals surface area contributed by atoms with Gasteiger partial charge in [0.2, 0.25) is 0 Å². The van der Waals surface area contributed by atoms with Gasteiger partial charge in [0.25, 0.3) is 0 Å². The number of hydrogen-bond acceptors (Lipinski definition) is 3. The van der Waals surface area contributed by atoms with E-state index in [4.69, 9.17) is 5.11 Å². The van der Waals surface area contributed by atoms with Gasteiger partial charge in [-0.05, 0) is 27.9 Å². The zero-order valence-corrected chi connectivity index (χ0v) is 10.2. The Kier molecular flexibility index (Phi) is 4.22. The van der Waals surface area contributed by atoms with Gasteiger partial charge in [0, 0.05) is 9.85 Å². The third-order valence-corrected chi connectivity index (χ3v) is 3.52. The summed E-state index contributed by atoms with van der Waals surface area (Å²) in [6.45, 7) is 4.36. The number of hydrogen-bond donors (Lipinski definition) is 2. The number of thiophene rings is 1. The lowest BCUT2D eigenvalue weighted by Crippen LogP contribution is -2.28. The van der Waals surface area contributed by atoms with Crippen molar-refractivity contribution in [3.63, 3.8) is 0 Å². The first-order chi connectivity index (χ1) is 6.13. The van der Waals surface area contributed by atoms with Gasteiger partial charge in [0.05, 0.1) is 17.6 Å². The van der Waals surface area contributed by atoms with Crippen molar-refractivity contribution < 1.29 is 5.11 Å². The van der Waals surface area contributed by atoms with Crippen molar-refractivity contribution in [3.8, 4) is 0 Å². The summed E-state index contributed by atoms with van der Waals surface area (Å²) in [5.41, 5.74) is 0. The van der Waals surface area contributed by atoms with Gasteiger partial charge in [0.1, 0.15) is 0 Å². The lowest BCUT2D eigenvalue weighted by atomic mass is 10.1. The van der Waals surface area contributed by atoms with Crippen LogP contribution in [0.2, 0.25) is 0 Å². The van der Waals surface area contributed by atoms with Crippen LogP contribution < -0.4 is 5.32 Å². The van der Waals surface area contributed by atoms with Crippen molar-refractivity contribution >= 4 is 32.3 Å². The molecule has 0 aliphatic heterocycles. The summed E-state index contributed by atoms with van der Waals surface area (Å²) in [4.78, 5) is 0. The second kappa shape index (κ2) is 4.98. The lowest BCUT2D eigenvalue weighted by Gasteiger charge is -2.19. The number of aliphatic hydroxyl groups excluding tert-OH is 1. The summed E-state index contributed by atoms with van der Waals surface area (Å²) >= 11 is 5.03. The van der Waals surface area contributed by atoms with E-state index in [0.29, 0.717) is 5.92 Å². The van der Waals surface area contributed by atoms with Gasteiger partial charge in [-0.3, -0.25) is 0 Å². The van der Waals surface area contributed by atoms with E-state index in [1.165, 1.54) is 0 Å². The molecular weight excluding hydrogens is 250 g/mol. The molecule has 0 bridgehead atoms. The average Bonchev–Trinajstić information content (AvgIpc) is 2.46. The molecule has 0 aliphatic carbocycles. The molecule has 1 atom stereocenters. The Bertz CT molecular complexity index is 262. The topological polar surface area (TPSA) is 32.3 Å². The minimum Gasteiger partial charge on any atom is -0.394 e. The molecular formula is C9H14BrNOS. The summed E-state index contributed by atoms with van der Waals surface area (Å²) in [6, 6.07) is 2.17. The molecule has 2 N–H and O–H groups in total. The Hall–Kier alpha value is -0.0600. The first-order valence-corrected chi connectivity index (χ1v) is 5.92. The largest absolute Gasteiger partial charge is 0.394 e. The molecule has 0 saturated heterocycles. The Morgan fingerprint density at radius 3 is 2.69 bits per heavy atom. The SMILES string of the molecule is CC(C)C(CO)Nc1cc(Br)cs1. The summed E-state index contributed by atoms with van der Waals surface area (Å²) in [7, 11) is 0. The second-order valence-electron chi connectivity index (χ2n) is 3.31. The van der Waals surface area contributed by atoms with E-state index in [-0.39, 0.29) is 12.6 Å². The van der Waals surface area contributed by atoms with E-state index < -0.39 is 0 Å². The number of nitrogens with one attached hydrogen (secondary N) is 1. The Morgan fingerprint density at radius 1 is 1.62 bits per heavy atom. The van der Waals surface area contributed by atoms with Crippen molar-refractivity contribution in [2.45, 2.75) is 19.9 Å². The molecule has 0 fully saturated rings. The van der Waals surface area contributed by atoms with Crippen LogP contribution in [0.5, 0.6) is 0 Å². The Balaban J connectivity index is 2.56.